The molecule has 3 aliphatic rings. The summed E-state index contributed by atoms with van der Waals surface area (Å²) in [6.45, 7) is 2.51. The smallest absolute Gasteiger partial charge is 0.320 e. The maximum Gasteiger partial charge on any atom is 0.320 e. The molecule has 2 aliphatic carbocycles. The van der Waals surface area contributed by atoms with Crippen LogP contribution in [0.5, 0.6) is 11.6 Å². The van der Waals surface area contributed by atoms with E-state index in [4.69, 9.17) is 26.1 Å². The summed E-state index contributed by atoms with van der Waals surface area (Å²) in [6, 6.07) is 15.0. The van der Waals surface area contributed by atoms with Gasteiger partial charge in [0.05, 0.1) is 29.6 Å². The van der Waals surface area contributed by atoms with E-state index in [-0.39, 0.29) is 46.4 Å². The molecule has 2 aromatic heterocycles. The van der Waals surface area contributed by atoms with Gasteiger partial charge in [-0.25, -0.2) is 18.7 Å². The normalized spacial score (nSPS) is 20.0. The maximum atomic E-state index is 14.5. The lowest BCUT2D eigenvalue weighted by molar-refractivity contribution is -0.140. The fourth-order valence-corrected chi connectivity index (χ4v) is 6.57. The number of pyridine rings is 1. The summed E-state index contributed by atoms with van der Waals surface area (Å²) in [5.41, 5.74) is 2.58. The van der Waals surface area contributed by atoms with Crippen molar-refractivity contribution in [2.45, 2.75) is 63.8 Å². The van der Waals surface area contributed by atoms with Crippen LogP contribution in [0.1, 0.15) is 55.1 Å². The highest BCUT2D eigenvalue weighted by Gasteiger charge is 2.43. The molecular weight excluding hydrogens is 640 g/mol. The van der Waals surface area contributed by atoms with Gasteiger partial charge >= 0.3 is 5.97 Å². The highest BCUT2D eigenvalue weighted by Crippen LogP contribution is 2.50. The monoisotopic (exact) mass is 671 g/mol. The van der Waals surface area contributed by atoms with Gasteiger partial charge in [0.15, 0.2) is 11.6 Å². The van der Waals surface area contributed by atoms with Crippen molar-refractivity contribution in [3.05, 3.63) is 82.3 Å². The predicted molar refractivity (Wildman–Crippen MR) is 172 cm³/mol. The molecule has 1 N–H and O–H groups in total. The number of benzene rings is 2. The molecule has 4 aromatic rings. The highest BCUT2D eigenvalue weighted by atomic mass is 35.5. The van der Waals surface area contributed by atoms with Crippen molar-refractivity contribution >= 4 is 28.6 Å². The number of aromatic nitrogens is 3. The van der Waals surface area contributed by atoms with Gasteiger partial charge in [-0.05, 0) is 67.6 Å². The van der Waals surface area contributed by atoms with Gasteiger partial charge in [-0.2, -0.15) is 5.26 Å². The molecule has 0 radical (unpaired) electrons. The molecule has 2 fully saturated rings. The average molecular weight is 672 g/mol. The van der Waals surface area contributed by atoms with Crippen LogP contribution in [0.15, 0.2) is 48.5 Å². The Bertz CT molecular complexity index is 1990. The molecule has 2 unspecified atom stereocenters. The van der Waals surface area contributed by atoms with E-state index < -0.39 is 23.5 Å². The molecule has 12 heteroatoms. The average Bonchev–Trinajstić information content (AvgIpc) is 3.72. The molecule has 3 heterocycles. The van der Waals surface area contributed by atoms with Gasteiger partial charge in [0, 0.05) is 42.6 Å². The molecule has 1 saturated carbocycles. The molecule has 2 aromatic carbocycles. The van der Waals surface area contributed by atoms with E-state index in [0.717, 1.165) is 67.3 Å². The van der Waals surface area contributed by atoms with Crippen molar-refractivity contribution in [3.63, 3.8) is 0 Å². The Hall–Kier alpha value is -4.71. The predicted octanol–water partition coefficient (Wildman–Crippen LogP) is 6.48. The molecule has 246 valence electrons. The van der Waals surface area contributed by atoms with Crippen LogP contribution in [0.2, 0.25) is 5.02 Å². The number of hydrogen-bond acceptors (Lipinski definition) is 7. The Balaban J connectivity index is 1.02. The fraction of sp³-hybridized carbons (Fsp3) is 0.389. The summed E-state index contributed by atoms with van der Waals surface area (Å²) in [6.07, 6.45) is 3.77. The van der Waals surface area contributed by atoms with Crippen molar-refractivity contribution in [1.29, 1.82) is 5.26 Å². The number of carboxylic acids is 1. The lowest BCUT2D eigenvalue weighted by Gasteiger charge is -2.32. The number of nitriles is 1. The molecule has 0 amide bonds. The zero-order chi connectivity index (χ0) is 33.4. The van der Waals surface area contributed by atoms with Gasteiger partial charge < -0.3 is 19.1 Å². The van der Waals surface area contributed by atoms with Crippen LogP contribution in [0.4, 0.5) is 8.78 Å². The zero-order valence-electron chi connectivity index (χ0n) is 26.0. The molecule has 7 rings (SSSR count). The van der Waals surface area contributed by atoms with E-state index in [2.05, 4.69) is 32.4 Å². The quantitative estimate of drug-likeness (QED) is 0.170. The molecule has 1 aliphatic heterocycles. The van der Waals surface area contributed by atoms with Crippen LogP contribution in [-0.4, -0.2) is 49.7 Å². The standard InChI is InChI=1S/C36H32ClF2N5O4/c37-23-2-7-32(28(39)18-23)47-20-30-27(38)5-8-34(42-30)48-24-9-15-43(16-10-24)19-33-41-29-6-1-22(25-3-4-26(25)35(45)46)17-31(29)44(33)21-36(11-12-36)13-14-40/h1-2,5-8,17-18,24-26H,9-13,15-16,19-21H2,(H,45,46). The number of carbonyl (C=O) groups is 1. The number of carboxylic acid groups (broad SMARTS) is 1. The number of piperidine rings is 1. The van der Waals surface area contributed by atoms with E-state index >= 15 is 0 Å². The van der Waals surface area contributed by atoms with Crippen molar-refractivity contribution in [2.24, 2.45) is 11.3 Å². The minimum absolute atomic E-state index is 0.00834. The van der Waals surface area contributed by atoms with E-state index in [0.29, 0.717) is 19.5 Å². The molecule has 0 spiro atoms. The first-order valence-corrected chi connectivity index (χ1v) is 16.3. The van der Waals surface area contributed by atoms with Gasteiger partial charge in [0.25, 0.3) is 0 Å². The Labute approximate surface area is 281 Å². The second-order valence-electron chi connectivity index (χ2n) is 12.8. The maximum absolute atomic E-state index is 14.5. The molecule has 48 heavy (non-hydrogen) atoms. The van der Waals surface area contributed by atoms with Crippen LogP contribution in [-0.2, 0) is 24.5 Å². The first-order chi connectivity index (χ1) is 23.2. The van der Waals surface area contributed by atoms with Crippen LogP contribution in [0.3, 0.4) is 0 Å². The van der Waals surface area contributed by atoms with Gasteiger partial charge in [0.1, 0.15) is 36.0 Å². The summed E-state index contributed by atoms with van der Waals surface area (Å²) in [4.78, 5) is 23.2. The highest BCUT2D eigenvalue weighted by molar-refractivity contribution is 6.30. The second kappa shape index (κ2) is 13.1. The van der Waals surface area contributed by atoms with Crippen LogP contribution in [0, 0.1) is 46.1 Å². The molecule has 1 saturated heterocycles. The largest absolute Gasteiger partial charge is 0.484 e. The Kier molecular flexibility index (Phi) is 8.67. The lowest BCUT2D eigenvalue weighted by atomic mass is 9.80. The SMILES string of the molecule is N#CCC1(Cn2c(CN3CCC(Oc4ccc(F)c(COc5ccc(Cl)cc5F)n4)CC3)nc3ccc(C4C#CC4C(=O)O)cc32)CC1. The van der Waals surface area contributed by atoms with Crippen molar-refractivity contribution in [1.82, 2.24) is 19.4 Å². The van der Waals surface area contributed by atoms with E-state index in [1.165, 1.54) is 24.3 Å². The van der Waals surface area contributed by atoms with Crippen molar-refractivity contribution in [3.8, 4) is 29.5 Å². The third-order valence-corrected chi connectivity index (χ3v) is 9.68. The zero-order valence-corrected chi connectivity index (χ0v) is 26.7. The third-order valence-electron chi connectivity index (χ3n) is 9.45. The number of rotatable bonds is 12. The van der Waals surface area contributed by atoms with E-state index in [1.54, 1.807) is 0 Å². The van der Waals surface area contributed by atoms with E-state index in [9.17, 15) is 23.9 Å². The Morgan fingerprint density at radius 1 is 1.08 bits per heavy atom. The van der Waals surface area contributed by atoms with Gasteiger partial charge in [0.2, 0.25) is 5.88 Å². The summed E-state index contributed by atoms with van der Waals surface area (Å²) in [7, 11) is 0. The summed E-state index contributed by atoms with van der Waals surface area (Å²) in [5, 5.41) is 19.3. The van der Waals surface area contributed by atoms with Crippen LogP contribution in [0.25, 0.3) is 11.0 Å². The van der Waals surface area contributed by atoms with Crippen molar-refractivity contribution in [2.75, 3.05) is 13.1 Å². The van der Waals surface area contributed by atoms with Gasteiger partial charge in [-0.3, -0.25) is 9.69 Å². The van der Waals surface area contributed by atoms with Crippen molar-refractivity contribution < 1.29 is 28.2 Å². The van der Waals surface area contributed by atoms with Gasteiger partial charge in [-0.15, -0.1) is 0 Å². The number of ether oxygens (including phenoxy) is 2. The number of hydrogen-bond donors (Lipinski definition) is 1. The number of halogens is 3. The fourth-order valence-electron chi connectivity index (χ4n) is 6.41. The third kappa shape index (κ3) is 6.66. The molecule has 2 atom stereocenters. The molecular formula is C36H32ClF2N5O4. The topological polar surface area (TPSA) is 114 Å². The number of aliphatic carboxylic acids is 1. The van der Waals surface area contributed by atoms with E-state index in [1.807, 2.05) is 18.2 Å². The minimum Gasteiger partial charge on any atom is -0.484 e. The first kappa shape index (κ1) is 31.9. The Morgan fingerprint density at radius 3 is 2.58 bits per heavy atom. The number of likely N-dealkylation sites (tertiary alicyclic amines) is 1. The molecule has 9 nitrogen and oxygen atoms in total. The lowest BCUT2D eigenvalue weighted by Crippen LogP contribution is -2.38. The minimum atomic E-state index is -0.915. The first-order valence-electron chi connectivity index (χ1n) is 15.9. The summed E-state index contributed by atoms with van der Waals surface area (Å²) < 4.78 is 42.4. The molecule has 0 bridgehead atoms. The number of fused-ring (bicyclic) bond motifs is 1. The second-order valence-corrected chi connectivity index (χ2v) is 13.3. The number of imidazole rings is 1. The number of nitrogens with zero attached hydrogens (tertiary/aromatic N) is 5. The van der Waals surface area contributed by atoms with Gasteiger partial charge in [-0.1, -0.05) is 29.5 Å². The van der Waals surface area contributed by atoms with Crippen LogP contribution >= 0.6 is 11.6 Å². The Morgan fingerprint density at radius 2 is 1.90 bits per heavy atom. The summed E-state index contributed by atoms with van der Waals surface area (Å²) in [5.74, 6) is 3.69. The summed E-state index contributed by atoms with van der Waals surface area (Å²) >= 11 is 5.79. The van der Waals surface area contributed by atoms with Crippen LogP contribution < -0.4 is 9.47 Å².